The molecule has 5 heteroatoms. The normalized spacial score (nSPS) is 10.4. The van der Waals surface area contributed by atoms with Crippen LogP contribution in [0.5, 0.6) is 0 Å². The molecule has 0 aliphatic heterocycles. The molecule has 1 aromatic heterocycles. The molecule has 0 aliphatic carbocycles. The molecule has 1 heterocycles. The van der Waals surface area contributed by atoms with Crippen molar-refractivity contribution < 1.29 is 9.59 Å². The average molecular weight is 400 g/mol. The summed E-state index contributed by atoms with van der Waals surface area (Å²) >= 11 is 4.77. The van der Waals surface area contributed by atoms with Gasteiger partial charge < -0.3 is 5.32 Å². The molecule has 0 bridgehead atoms. The van der Waals surface area contributed by atoms with E-state index in [4.69, 9.17) is 0 Å². The van der Waals surface area contributed by atoms with E-state index in [2.05, 4.69) is 21.2 Å². The van der Waals surface area contributed by atoms with Gasteiger partial charge in [-0.15, -0.1) is 11.3 Å². The van der Waals surface area contributed by atoms with Crippen molar-refractivity contribution in [1.29, 1.82) is 0 Å². The molecule has 24 heavy (non-hydrogen) atoms. The second kappa shape index (κ2) is 7.55. The quantitative estimate of drug-likeness (QED) is 0.633. The smallest absolute Gasteiger partial charge is 0.252 e. The average Bonchev–Trinajstić information content (AvgIpc) is 3.09. The summed E-state index contributed by atoms with van der Waals surface area (Å²) in [4.78, 5) is 26.2. The number of thiophene rings is 1. The van der Waals surface area contributed by atoms with Gasteiger partial charge in [-0.2, -0.15) is 0 Å². The van der Waals surface area contributed by atoms with E-state index in [-0.39, 0.29) is 11.7 Å². The minimum atomic E-state index is -0.146. The third-order valence-corrected chi connectivity index (χ3v) is 5.24. The summed E-state index contributed by atoms with van der Waals surface area (Å²) in [6.45, 7) is 0.396. The van der Waals surface area contributed by atoms with Crippen LogP contribution < -0.4 is 5.32 Å². The fourth-order valence-electron chi connectivity index (χ4n) is 2.23. The summed E-state index contributed by atoms with van der Waals surface area (Å²) in [6.07, 6.45) is 0. The summed E-state index contributed by atoms with van der Waals surface area (Å²) < 4.78 is 0.758. The third kappa shape index (κ3) is 3.80. The minimum Gasteiger partial charge on any atom is -0.347 e. The zero-order valence-electron chi connectivity index (χ0n) is 12.7. The van der Waals surface area contributed by atoms with Gasteiger partial charge in [-0.3, -0.25) is 9.59 Å². The lowest BCUT2D eigenvalue weighted by molar-refractivity contribution is 0.0950. The number of halogens is 1. The molecule has 3 nitrogen and oxygen atoms in total. The molecule has 0 radical (unpaired) electrons. The van der Waals surface area contributed by atoms with Gasteiger partial charge in [-0.25, -0.2) is 0 Å². The van der Waals surface area contributed by atoms with Gasteiger partial charge in [0.05, 0.1) is 17.0 Å². The topological polar surface area (TPSA) is 46.2 Å². The maximum absolute atomic E-state index is 12.4. The van der Waals surface area contributed by atoms with E-state index in [1.807, 2.05) is 42.5 Å². The van der Waals surface area contributed by atoms with Crippen molar-refractivity contribution in [3.8, 4) is 0 Å². The van der Waals surface area contributed by atoms with Crippen molar-refractivity contribution in [2.45, 2.75) is 6.54 Å². The number of hydrogen-bond acceptors (Lipinski definition) is 3. The highest BCUT2D eigenvalue weighted by atomic mass is 79.9. The highest BCUT2D eigenvalue weighted by molar-refractivity contribution is 9.10. The number of carbonyl (C=O) groups is 2. The van der Waals surface area contributed by atoms with Gasteiger partial charge in [0, 0.05) is 14.9 Å². The molecule has 0 fully saturated rings. The van der Waals surface area contributed by atoms with E-state index >= 15 is 0 Å². The Morgan fingerprint density at radius 3 is 2.38 bits per heavy atom. The van der Waals surface area contributed by atoms with E-state index in [1.165, 1.54) is 11.3 Å². The first-order valence-corrected chi connectivity index (χ1v) is 8.97. The number of carbonyl (C=O) groups excluding carboxylic acids is 2. The van der Waals surface area contributed by atoms with Crippen molar-refractivity contribution in [3.63, 3.8) is 0 Å². The van der Waals surface area contributed by atoms with Crippen LogP contribution in [-0.4, -0.2) is 11.7 Å². The van der Waals surface area contributed by atoms with Crippen molar-refractivity contribution >= 4 is 39.0 Å². The second-order valence-corrected chi connectivity index (χ2v) is 7.15. The predicted octanol–water partition coefficient (Wildman–Crippen LogP) is 4.67. The van der Waals surface area contributed by atoms with Crippen LogP contribution in [0.2, 0.25) is 0 Å². The number of rotatable bonds is 5. The zero-order valence-corrected chi connectivity index (χ0v) is 15.1. The van der Waals surface area contributed by atoms with Gasteiger partial charge in [-0.05, 0) is 40.2 Å². The molecule has 0 saturated carbocycles. The highest BCUT2D eigenvalue weighted by Gasteiger charge is 2.13. The number of benzene rings is 2. The molecule has 3 rings (SSSR count). The monoisotopic (exact) mass is 399 g/mol. The molecule has 3 aromatic rings. The van der Waals surface area contributed by atoms with Crippen LogP contribution in [0.25, 0.3) is 0 Å². The largest absolute Gasteiger partial charge is 0.347 e. The molecule has 0 atom stereocenters. The first-order valence-electron chi connectivity index (χ1n) is 7.36. The molecule has 1 amide bonds. The number of hydrogen-bond donors (Lipinski definition) is 1. The maximum Gasteiger partial charge on any atom is 0.252 e. The van der Waals surface area contributed by atoms with Gasteiger partial charge in [-0.1, -0.05) is 42.5 Å². The fraction of sp³-hybridized carbons (Fsp3) is 0.0526. The lowest BCUT2D eigenvalue weighted by Crippen LogP contribution is -2.22. The summed E-state index contributed by atoms with van der Waals surface area (Å²) in [5.74, 6) is -0.143. The summed E-state index contributed by atoms with van der Waals surface area (Å²) in [5, 5.41) is 2.88. The van der Waals surface area contributed by atoms with Gasteiger partial charge >= 0.3 is 0 Å². The van der Waals surface area contributed by atoms with Crippen LogP contribution in [0.1, 0.15) is 30.5 Å². The Balaban J connectivity index is 1.66. The van der Waals surface area contributed by atoms with E-state index in [1.54, 1.807) is 24.3 Å². The maximum atomic E-state index is 12.4. The number of ketones is 1. The van der Waals surface area contributed by atoms with Crippen LogP contribution in [0.15, 0.2) is 71.2 Å². The zero-order chi connectivity index (χ0) is 16.9. The Labute approximate surface area is 152 Å². The van der Waals surface area contributed by atoms with Crippen molar-refractivity contribution in [2.24, 2.45) is 0 Å². The molecule has 0 aliphatic rings. The van der Waals surface area contributed by atoms with Crippen LogP contribution in [0.4, 0.5) is 0 Å². The SMILES string of the molecule is O=C(c1ccccc1)c1ccc(CNC(=O)c2ccccc2Br)s1. The molecule has 2 aromatic carbocycles. The molecule has 0 unspecified atom stereocenters. The van der Waals surface area contributed by atoms with E-state index in [9.17, 15) is 9.59 Å². The molecule has 120 valence electrons. The standard InChI is InChI=1S/C19H14BrNO2S/c20-16-9-5-4-8-15(16)19(23)21-12-14-10-11-17(24-14)18(22)13-6-2-1-3-7-13/h1-11H,12H2,(H,21,23). The molecule has 0 spiro atoms. The summed E-state index contributed by atoms with van der Waals surface area (Å²) in [6, 6.07) is 20.1. The fourth-order valence-corrected chi connectivity index (χ4v) is 3.61. The Bertz CT molecular complexity index is 874. The van der Waals surface area contributed by atoms with Crippen LogP contribution >= 0.6 is 27.3 Å². The first-order chi connectivity index (χ1) is 11.6. The van der Waals surface area contributed by atoms with Gasteiger partial charge in [0.2, 0.25) is 5.78 Å². The lowest BCUT2D eigenvalue weighted by atomic mass is 10.1. The summed E-state index contributed by atoms with van der Waals surface area (Å²) in [5.41, 5.74) is 1.26. The van der Waals surface area contributed by atoms with E-state index in [0.717, 1.165) is 9.35 Å². The van der Waals surface area contributed by atoms with Crippen LogP contribution in [-0.2, 0) is 6.54 Å². The van der Waals surface area contributed by atoms with E-state index < -0.39 is 0 Å². The number of nitrogens with one attached hydrogen (secondary N) is 1. The Morgan fingerprint density at radius 1 is 0.917 bits per heavy atom. The predicted molar refractivity (Wildman–Crippen MR) is 99.5 cm³/mol. The molecule has 0 saturated heterocycles. The Hall–Kier alpha value is -2.24. The first kappa shape index (κ1) is 16.6. The Morgan fingerprint density at radius 2 is 1.62 bits per heavy atom. The lowest BCUT2D eigenvalue weighted by Gasteiger charge is -2.05. The van der Waals surface area contributed by atoms with Crippen LogP contribution in [0, 0.1) is 0 Å². The van der Waals surface area contributed by atoms with Gasteiger partial charge in [0.15, 0.2) is 0 Å². The van der Waals surface area contributed by atoms with Crippen molar-refractivity contribution in [2.75, 3.05) is 0 Å². The van der Waals surface area contributed by atoms with Crippen molar-refractivity contribution in [3.05, 3.63) is 92.1 Å². The number of amides is 1. The highest BCUT2D eigenvalue weighted by Crippen LogP contribution is 2.21. The van der Waals surface area contributed by atoms with E-state index in [0.29, 0.717) is 22.5 Å². The Kier molecular flexibility index (Phi) is 5.23. The van der Waals surface area contributed by atoms with Gasteiger partial charge in [0.1, 0.15) is 0 Å². The third-order valence-electron chi connectivity index (χ3n) is 3.46. The molecular formula is C19H14BrNO2S. The molecule has 1 N–H and O–H groups in total. The van der Waals surface area contributed by atoms with Crippen LogP contribution in [0.3, 0.4) is 0 Å². The van der Waals surface area contributed by atoms with Gasteiger partial charge in [0.25, 0.3) is 5.91 Å². The summed E-state index contributed by atoms with van der Waals surface area (Å²) in [7, 11) is 0. The second-order valence-electron chi connectivity index (χ2n) is 5.12. The molecular weight excluding hydrogens is 386 g/mol. The minimum absolute atomic E-state index is 0.00369. The van der Waals surface area contributed by atoms with Crippen molar-refractivity contribution in [1.82, 2.24) is 5.32 Å².